The summed E-state index contributed by atoms with van der Waals surface area (Å²) in [5, 5.41) is 5.58. The van der Waals surface area contributed by atoms with Gasteiger partial charge in [-0.3, -0.25) is 9.59 Å². The van der Waals surface area contributed by atoms with Crippen molar-refractivity contribution in [3.63, 3.8) is 0 Å². The van der Waals surface area contributed by atoms with E-state index in [0.29, 0.717) is 0 Å². The van der Waals surface area contributed by atoms with Gasteiger partial charge in [0.1, 0.15) is 0 Å². The van der Waals surface area contributed by atoms with Gasteiger partial charge in [0.25, 0.3) is 0 Å². The van der Waals surface area contributed by atoms with E-state index in [-0.39, 0.29) is 30.7 Å². The molecule has 0 aromatic heterocycles. The Hall–Kier alpha value is -3.40. The molecule has 3 aromatic rings. The van der Waals surface area contributed by atoms with Gasteiger partial charge in [-0.25, -0.2) is 0 Å². The Kier molecular flexibility index (Phi) is 6.80. The van der Waals surface area contributed by atoms with E-state index >= 15 is 0 Å². The maximum Gasteiger partial charge on any atom is 0.243 e. The molecular formula is C25H26N2O2. The van der Waals surface area contributed by atoms with Gasteiger partial charge in [-0.1, -0.05) is 66.7 Å². The third-order valence-electron chi connectivity index (χ3n) is 5.03. The van der Waals surface area contributed by atoms with Crippen molar-refractivity contribution in [2.75, 3.05) is 11.9 Å². The first kappa shape index (κ1) is 20.3. The highest BCUT2D eigenvalue weighted by atomic mass is 16.2. The average Bonchev–Trinajstić information content (AvgIpc) is 2.74. The highest BCUT2D eigenvalue weighted by Crippen LogP contribution is 2.27. The van der Waals surface area contributed by atoms with Gasteiger partial charge in [0.05, 0.1) is 6.54 Å². The molecule has 0 aliphatic carbocycles. The summed E-state index contributed by atoms with van der Waals surface area (Å²) in [6.45, 7) is 3.97. The van der Waals surface area contributed by atoms with E-state index in [1.165, 1.54) is 5.56 Å². The Labute approximate surface area is 172 Å². The summed E-state index contributed by atoms with van der Waals surface area (Å²) in [6, 6.07) is 25.7. The zero-order valence-electron chi connectivity index (χ0n) is 16.8. The van der Waals surface area contributed by atoms with Gasteiger partial charge in [0.15, 0.2) is 0 Å². The van der Waals surface area contributed by atoms with Crippen LogP contribution in [0.15, 0.2) is 78.9 Å². The van der Waals surface area contributed by atoms with Crippen molar-refractivity contribution in [1.82, 2.24) is 5.32 Å². The summed E-state index contributed by atoms with van der Waals surface area (Å²) < 4.78 is 0. The van der Waals surface area contributed by atoms with Crippen LogP contribution in [0.4, 0.5) is 5.69 Å². The summed E-state index contributed by atoms with van der Waals surface area (Å²) in [6.07, 6.45) is 0.283. The summed E-state index contributed by atoms with van der Waals surface area (Å²) in [4.78, 5) is 24.8. The van der Waals surface area contributed by atoms with Crippen LogP contribution in [0, 0.1) is 13.8 Å². The van der Waals surface area contributed by atoms with Crippen LogP contribution in [0.5, 0.6) is 0 Å². The molecule has 0 spiro atoms. The van der Waals surface area contributed by atoms with E-state index in [1.54, 1.807) is 0 Å². The standard InChI is InChI=1S/C25H26N2O2/c1-18-13-14-22(15-19(18)2)27-25(29)17-26-24(28)16-23(20-9-5-3-6-10-20)21-11-7-4-8-12-21/h3-15,23H,16-17H2,1-2H3,(H,26,28)(H,27,29). The highest BCUT2D eigenvalue weighted by Gasteiger charge is 2.18. The molecule has 0 unspecified atom stereocenters. The molecule has 0 saturated carbocycles. The number of carbonyl (C=O) groups excluding carboxylic acids is 2. The van der Waals surface area contributed by atoms with Crippen LogP contribution in [-0.4, -0.2) is 18.4 Å². The van der Waals surface area contributed by atoms with E-state index in [2.05, 4.69) is 10.6 Å². The monoisotopic (exact) mass is 386 g/mol. The van der Waals surface area contributed by atoms with Crippen LogP contribution in [0.1, 0.15) is 34.6 Å². The molecule has 4 heteroatoms. The van der Waals surface area contributed by atoms with Crippen molar-refractivity contribution in [3.05, 3.63) is 101 Å². The Morgan fingerprint density at radius 1 is 0.759 bits per heavy atom. The molecule has 2 N–H and O–H groups in total. The first-order chi connectivity index (χ1) is 14.0. The van der Waals surface area contributed by atoms with E-state index in [4.69, 9.17) is 0 Å². The van der Waals surface area contributed by atoms with E-state index < -0.39 is 0 Å². The maximum atomic E-state index is 12.6. The third kappa shape index (κ3) is 5.79. The molecule has 0 heterocycles. The molecular weight excluding hydrogens is 360 g/mol. The molecule has 29 heavy (non-hydrogen) atoms. The lowest BCUT2D eigenvalue weighted by Gasteiger charge is -2.18. The van der Waals surface area contributed by atoms with Crippen LogP contribution < -0.4 is 10.6 Å². The fraction of sp³-hybridized carbons (Fsp3) is 0.200. The Morgan fingerprint density at radius 2 is 1.34 bits per heavy atom. The Morgan fingerprint density at radius 3 is 1.90 bits per heavy atom. The normalized spacial score (nSPS) is 10.6. The van der Waals surface area contributed by atoms with E-state index in [1.807, 2.05) is 92.7 Å². The van der Waals surface area contributed by atoms with Gasteiger partial charge in [0, 0.05) is 18.0 Å². The van der Waals surface area contributed by atoms with Gasteiger partial charge in [-0.2, -0.15) is 0 Å². The molecule has 3 aromatic carbocycles. The molecule has 2 amide bonds. The van der Waals surface area contributed by atoms with Gasteiger partial charge < -0.3 is 10.6 Å². The fourth-order valence-electron chi connectivity index (χ4n) is 3.26. The number of anilines is 1. The summed E-state index contributed by atoms with van der Waals surface area (Å²) in [5.41, 5.74) is 5.17. The zero-order valence-corrected chi connectivity index (χ0v) is 16.8. The van der Waals surface area contributed by atoms with Crippen LogP contribution >= 0.6 is 0 Å². The predicted molar refractivity (Wildman–Crippen MR) is 117 cm³/mol. The molecule has 148 valence electrons. The van der Waals surface area contributed by atoms with Crippen molar-refractivity contribution < 1.29 is 9.59 Å². The topological polar surface area (TPSA) is 58.2 Å². The second-order valence-electron chi connectivity index (χ2n) is 7.20. The van der Waals surface area contributed by atoms with Gasteiger partial charge >= 0.3 is 0 Å². The number of hydrogen-bond acceptors (Lipinski definition) is 2. The van der Waals surface area contributed by atoms with Gasteiger partial charge in [0.2, 0.25) is 11.8 Å². The minimum atomic E-state index is -0.238. The van der Waals surface area contributed by atoms with E-state index in [0.717, 1.165) is 22.4 Å². The van der Waals surface area contributed by atoms with Crippen LogP contribution in [0.25, 0.3) is 0 Å². The van der Waals surface area contributed by atoms with Gasteiger partial charge in [-0.05, 0) is 48.2 Å². The fourth-order valence-corrected chi connectivity index (χ4v) is 3.26. The quantitative estimate of drug-likeness (QED) is 0.624. The Bertz CT molecular complexity index is 929. The predicted octanol–water partition coefficient (Wildman–Crippen LogP) is 4.58. The SMILES string of the molecule is Cc1ccc(NC(=O)CNC(=O)CC(c2ccccc2)c2ccccc2)cc1C. The van der Waals surface area contributed by atoms with Crippen LogP contribution in [0.3, 0.4) is 0 Å². The lowest BCUT2D eigenvalue weighted by atomic mass is 9.88. The molecule has 3 rings (SSSR count). The van der Waals surface area contributed by atoms with Crippen molar-refractivity contribution >= 4 is 17.5 Å². The summed E-state index contributed by atoms with van der Waals surface area (Å²) in [5.74, 6) is -0.448. The van der Waals surface area contributed by atoms with Crippen molar-refractivity contribution in [3.8, 4) is 0 Å². The minimum absolute atomic E-state index is 0.0535. The van der Waals surface area contributed by atoms with Crippen molar-refractivity contribution in [2.24, 2.45) is 0 Å². The van der Waals surface area contributed by atoms with Gasteiger partial charge in [-0.15, -0.1) is 0 Å². The first-order valence-corrected chi connectivity index (χ1v) is 9.76. The lowest BCUT2D eigenvalue weighted by Crippen LogP contribution is -2.33. The smallest absolute Gasteiger partial charge is 0.243 e. The number of benzene rings is 3. The highest BCUT2D eigenvalue weighted by molar-refractivity contribution is 5.94. The zero-order chi connectivity index (χ0) is 20.6. The van der Waals surface area contributed by atoms with Crippen LogP contribution in [-0.2, 0) is 9.59 Å². The number of carbonyl (C=O) groups is 2. The maximum absolute atomic E-state index is 12.6. The molecule has 0 fully saturated rings. The summed E-state index contributed by atoms with van der Waals surface area (Å²) >= 11 is 0. The molecule has 0 radical (unpaired) electrons. The molecule has 0 saturated heterocycles. The number of aryl methyl sites for hydroxylation is 2. The Balaban J connectivity index is 1.60. The van der Waals surface area contributed by atoms with E-state index in [9.17, 15) is 9.59 Å². The molecule has 0 aliphatic heterocycles. The molecule has 0 bridgehead atoms. The van der Waals surface area contributed by atoms with Crippen LogP contribution in [0.2, 0.25) is 0 Å². The minimum Gasteiger partial charge on any atom is -0.347 e. The second-order valence-corrected chi connectivity index (χ2v) is 7.20. The number of hydrogen-bond donors (Lipinski definition) is 2. The third-order valence-corrected chi connectivity index (χ3v) is 5.03. The first-order valence-electron chi connectivity index (χ1n) is 9.76. The second kappa shape index (κ2) is 9.69. The van der Waals surface area contributed by atoms with Crippen molar-refractivity contribution in [2.45, 2.75) is 26.2 Å². The summed E-state index contributed by atoms with van der Waals surface area (Å²) in [7, 11) is 0. The molecule has 4 nitrogen and oxygen atoms in total. The molecule has 0 aliphatic rings. The molecule has 0 atom stereocenters. The average molecular weight is 386 g/mol. The largest absolute Gasteiger partial charge is 0.347 e. The number of amides is 2. The number of nitrogens with one attached hydrogen (secondary N) is 2. The number of rotatable bonds is 7. The van der Waals surface area contributed by atoms with Crippen molar-refractivity contribution in [1.29, 1.82) is 0 Å². The lowest BCUT2D eigenvalue weighted by molar-refractivity contribution is -0.124.